The van der Waals surface area contributed by atoms with Crippen LogP contribution in [0.25, 0.3) is 0 Å². The molecular weight excluding hydrogens is 414 g/mol. The van der Waals surface area contributed by atoms with Gasteiger partial charge in [0.15, 0.2) is 0 Å². The number of carbonyl (C=O) groups is 1. The van der Waals surface area contributed by atoms with Gasteiger partial charge in [0.05, 0.1) is 6.42 Å². The molecule has 1 saturated heterocycles. The number of hydrogen-bond donors (Lipinski definition) is 2. The van der Waals surface area contributed by atoms with Crippen LogP contribution in [0.15, 0.2) is 71.4 Å². The minimum absolute atomic E-state index is 0.0602. The second-order valence-electron chi connectivity index (χ2n) is 8.77. The number of hydrogen-bond acceptors (Lipinski definition) is 4. The number of anilines is 1. The third kappa shape index (κ3) is 6.68. The summed E-state index contributed by atoms with van der Waals surface area (Å²) in [6, 6.07) is 21.8. The molecule has 0 saturated carbocycles. The molecule has 5 heteroatoms. The molecule has 0 unspecified atom stereocenters. The van der Waals surface area contributed by atoms with Crippen LogP contribution in [-0.4, -0.2) is 31.1 Å². The van der Waals surface area contributed by atoms with Gasteiger partial charge in [-0.3, -0.25) is 4.79 Å². The Kier molecular flexibility index (Phi) is 7.97. The molecule has 2 N–H and O–H groups in total. The van der Waals surface area contributed by atoms with Crippen LogP contribution >= 0.6 is 11.3 Å². The molecule has 4 rings (SSSR count). The van der Waals surface area contributed by atoms with Gasteiger partial charge in [0, 0.05) is 37.4 Å². The number of benzene rings is 2. The Labute approximate surface area is 195 Å². The lowest BCUT2D eigenvalue weighted by atomic mass is 10.0. The number of thiophene rings is 1. The molecule has 0 radical (unpaired) electrons. The zero-order valence-electron chi connectivity index (χ0n) is 18.8. The first-order valence-corrected chi connectivity index (χ1v) is 12.5. The van der Waals surface area contributed by atoms with Gasteiger partial charge in [0.1, 0.15) is 0 Å². The standard InChI is InChI=1S/C27H33N3OS/c1-21(17-24-13-16-32-20-24)29-25-11-14-30(15-12-25)26-9-7-22(8-10-26)18-27(31)28-19-23-5-3-2-4-6-23/h2-10,13,16,20-21,25,29H,11-12,14-15,17-19H2,1H3,(H,28,31)/t21-/m1/s1. The molecule has 0 spiro atoms. The number of nitrogens with one attached hydrogen (secondary N) is 2. The van der Waals surface area contributed by atoms with Crippen LogP contribution in [0.5, 0.6) is 0 Å². The Balaban J connectivity index is 1.19. The number of amides is 1. The second kappa shape index (κ2) is 11.3. The van der Waals surface area contributed by atoms with E-state index in [0.29, 0.717) is 25.0 Å². The summed E-state index contributed by atoms with van der Waals surface area (Å²) < 4.78 is 0. The van der Waals surface area contributed by atoms with Crippen LogP contribution in [0.3, 0.4) is 0 Å². The molecule has 1 atom stereocenters. The molecule has 1 aliphatic heterocycles. The Morgan fingerprint density at radius 2 is 1.75 bits per heavy atom. The summed E-state index contributed by atoms with van der Waals surface area (Å²) in [5.74, 6) is 0.0602. The molecule has 168 valence electrons. The van der Waals surface area contributed by atoms with Crippen LogP contribution in [0.4, 0.5) is 5.69 Å². The molecule has 3 aromatic rings. The van der Waals surface area contributed by atoms with Crippen LogP contribution in [0.2, 0.25) is 0 Å². The lowest BCUT2D eigenvalue weighted by Gasteiger charge is -2.35. The minimum atomic E-state index is 0.0602. The first-order chi connectivity index (χ1) is 15.7. The summed E-state index contributed by atoms with van der Waals surface area (Å²) in [5.41, 5.74) is 4.86. The summed E-state index contributed by atoms with van der Waals surface area (Å²) in [5, 5.41) is 11.2. The Morgan fingerprint density at radius 1 is 1.00 bits per heavy atom. The van der Waals surface area contributed by atoms with Gasteiger partial charge in [-0.05, 0) is 71.8 Å². The number of nitrogens with zero attached hydrogens (tertiary/aromatic N) is 1. The highest BCUT2D eigenvalue weighted by Gasteiger charge is 2.21. The Hall–Kier alpha value is -2.63. The second-order valence-corrected chi connectivity index (χ2v) is 9.55. The van der Waals surface area contributed by atoms with Gasteiger partial charge in [-0.2, -0.15) is 11.3 Å². The third-order valence-corrected chi connectivity index (χ3v) is 6.87. The molecule has 0 bridgehead atoms. The van der Waals surface area contributed by atoms with E-state index in [-0.39, 0.29) is 5.91 Å². The predicted molar refractivity (Wildman–Crippen MR) is 134 cm³/mol. The normalized spacial score (nSPS) is 15.5. The number of carbonyl (C=O) groups excluding carboxylic acids is 1. The van der Waals surface area contributed by atoms with Gasteiger partial charge in [0.2, 0.25) is 5.91 Å². The van der Waals surface area contributed by atoms with E-state index in [4.69, 9.17) is 0 Å². The van der Waals surface area contributed by atoms with Gasteiger partial charge >= 0.3 is 0 Å². The fourth-order valence-corrected chi connectivity index (χ4v) is 5.08. The van der Waals surface area contributed by atoms with Crippen molar-refractivity contribution in [1.82, 2.24) is 10.6 Å². The molecule has 2 heterocycles. The zero-order chi connectivity index (χ0) is 22.2. The number of rotatable bonds is 9. The summed E-state index contributed by atoms with van der Waals surface area (Å²) >= 11 is 1.77. The summed E-state index contributed by atoms with van der Waals surface area (Å²) in [6.07, 6.45) is 3.85. The van der Waals surface area contributed by atoms with Crippen LogP contribution in [0.1, 0.15) is 36.5 Å². The van der Waals surface area contributed by atoms with Gasteiger partial charge in [0.25, 0.3) is 0 Å². The quantitative estimate of drug-likeness (QED) is 0.495. The molecule has 1 aliphatic rings. The molecule has 2 aromatic carbocycles. The van der Waals surface area contributed by atoms with Crippen molar-refractivity contribution in [2.75, 3.05) is 18.0 Å². The lowest BCUT2D eigenvalue weighted by Crippen LogP contribution is -2.46. The van der Waals surface area contributed by atoms with E-state index < -0.39 is 0 Å². The Morgan fingerprint density at radius 3 is 2.44 bits per heavy atom. The van der Waals surface area contributed by atoms with Gasteiger partial charge in [-0.15, -0.1) is 0 Å². The number of piperidine rings is 1. The molecule has 4 nitrogen and oxygen atoms in total. The molecule has 1 amide bonds. The smallest absolute Gasteiger partial charge is 0.224 e. The van der Waals surface area contributed by atoms with Crippen molar-refractivity contribution < 1.29 is 4.79 Å². The lowest BCUT2D eigenvalue weighted by molar-refractivity contribution is -0.120. The molecule has 0 aliphatic carbocycles. The van der Waals surface area contributed by atoms with Crippen molar-refractivity contribution in [3.63, 3.8) is 0 Å². The zero-order valence-corrected chi connectivity index (χ0v) is 19.6. The first-order valence-electron chi connectivity index (χ1n) is 11.6. The topological polar surface area (TPSA) is 44.4 Å². The van der Waals surface area contributed by atoms with Crippen LogP contribution < -0.4 is 15.5 Å². The fourth-order valence-electron chi connectivity index (χ4n) is 4.40. The van der Waals surface area contributed by atoms with Crippen molar-refractivity contribution in [2.24, 2.45) is 0 Å². The van der Waals surface area contributed by atoms with E-state index in [0.717, 1.165) is 43.5 Å². The molecule has 32 heavy (non-hydrogen) atoms. The summed E-state index contributed by atoms with van der Waals surface area (Å²) in [6.45, 7) is 5.00. The highest BCUT2D eigenvalue weighted by Crippen LogP contribution is 2.21. The van der Waals surface area contributed by atoms with Crippen molar-refractivity contribution in [1.29, 1.82) is 0 Å². The molecule has 1 aromatic heterocycles. The van der Waals surface area contributed by atoms with Crippen LogP contribution in [-0.2, 0) is 24.2 Å². The first kappa shape index (κ1) is 22.6. The largest absolute Gasteiger partial charge is 0.371 e. The van der Waals surface area contributed by atoms with Crippen molar-refractivity contribution in [3.05, 3.63) is 88.1 Å². The molecule has 1 fully saturated rings. The van der Waals surface area contributed by atoms with E-state index in [1.54, 1.807) is 11.3 Å². The average Bonchev–Trinajstić information content (AvgIpc) is 3.32. The fraction of sp³-hybridized carbons (Fsp3) is 0.370. The highest BCUT2D eigenvalue weighted by atomic mass is 32.1. The minimum Gasteiger partial charge on any atom is -0.371 e. The van der Waals surface area contributed by atoms with Crippen LogP contribution in [0, 0.1) is 0 Å². The van der Waals surface area contributed by atoms with Gasteiger partial charge in [-0.1, -0.05) is 42.5 Å². The Bertz CT molecular complexity index is 948. The van der Waals surface area contributed by atoms with Gasteiger partial charge in [-0.25, -0.2) is 0 Å². The maximum atomic E-state index is 12.3. The molecular formula is C27H33N3OS. The maximum Gasteiger partial charge on any atom is 0.224 e. The summed E-state index contributed by atoms with van der Waals surface area (Å²) in [4.78, 5) is 14.7. The average molecular weight is 448 g/mol. The SMILES string of the molecule is C[C@H](Cc1ccsc1)NC1CCN(c2ccc(CC(=O)NCc3ccccc3)cc2)CC1. The van der Waals surface area contributed by atoms with Crippen molar-refractivity contribution in [2.45, 2.75) is 51.2 Å². The van der Waals surface area contributed by atoms with E-state index >= 15 is 0 Å². The predicted octanol–water partition coefficient (Wildman–Crippen LogP) is 4.80. The maximum absolute atomic E-state index is 12.3. The van der Waals surface area contributed by atoms with Crippen molar-refractivity contribution in [3.8, 4) is 0 Å². The highest BCUT2D eigenvalue weighted by molar-refractivity contribution is 7.07. The van der Waals surface area contributed by atoms with E-state index in [1.807, 2.05) is 30.3 Å². The monoisotopic (exact) mass is 447 g/mol. The summed E-state index contributed by atoms with van der Waals surface area (Å²) in [7, 11) is 0. The third-order valence-electron chi connectivity index (χ3n) is 6.14. The van der Waals surface area contributed by atoms with E-state index in [2.05, 4.69) is 63.5 Å². The van der Waals surface area contributed by atoms with E-state index in [9.17, 15) is 4.79 Å². The van der Waals surface area contributed by atoms with Crippen molar-refractivity contribution >= 4 is 22.9 Å². The van der Waals surface area contributed by atoms with E-state index in [1.165, 1.54) is 11.3 Å². The van der Waals surface area contributed by atoms with Gasteiger partial charge < -0.3 is 15.5 Å².